The molecule has 0 aromatic carbocycles. The summed E-state index contributed by atoms with van der Waals surface area (Å²) in [7, 11) is 0. The molecule has 0 radical (unpaired) electrons. The van der Waals surface area contributed by atoms with Gasteiger partial charge in [0.2, 0.25) is 0 Å². The first-order chi connectivity index (χ1) is 7.92. The fourth-order valence-electron chi connectivity index (χ4n) is 2.00. The molecule has 3 heteroatoms. The lowest BCUT2D eigenvalue weighted by Gasteiger charge is -2.04. The summed E-state index contributed by atoms with van der Waals surface area (Å²) in [6.45, 7) is 1.90. The van der Waals surface area contributed by atoms with Crippen LogP contribution in [0.25, 0.3) is 10.9 Å². The molecular formula is C13H19N3. The second-order valence-electron chi connectivity index (χ2n) is 4.15. The standard InChI is InChI=1S/C13H19N3/c14-7-3-1-2-4-9-16-10-6-12-5-8-15-11-13(12)16/h5-6,8,10-11H,1-4,7,9,14H2. The summed E-state index contributed by atoms with van der Waals surface area (Å²) in [5.74, 6) is 0. The Morgan fingerprint density at radius 1 is 1.12 bits per heavy atom. The second kappa shape index (κ2) is 5.66. The van der Waals surface area contributed by atoms with Gasteiger partial charge in [0.15, 0.2) is 0 Å². The van der Waals surface area contributed by atoms with Crippen molar-refractivity contribution in [1.29, 1.82) is 0 Å². The lowest BCUT2D eigenvalue weighted by Crippen LogP contribution is -1.99. The van der Waals surface area contributed by atoms with E-state index in [0.29, 0.717) is 0 Å². The van der Waals surface area contributed by atoms with Crippen LogP contribution in [-0.2, 0) is 6.54 Å². The molecule has 2 rings (SSSR count). The van der Waals surface area contributed by atoms with Crippen LogP contribution in [0.1, 0.15) is 25.7 Å². The van der Waals surface area contributed by atoms with E-state index in [4.69, 9.17) is 5.73 Å². The minimum absolute atomic E-state index is 0.816. The van der Waals surface area contributed by atoms with E-state index >= 15 is 0 Å². The number of hydrogen-bond acceptors (Lipinski definition) is 2. The van der Waals surface area contributed by atoms with Crippen molar-refractivity contribution in [2.45, 2.75) is 32.2 Å². The van der Waals surface area contributed by atoms with Crippen molar-refractivity contribution in [2.24, 2.45) is 5.73 Å². The van der Waals surface area contributed by atoms with Crippen molar-refractivity contribution in [3.63, 3.8) is 0 Å². The van der Waals surface area contributed by atoms with Crippen molar-refractivity contribution in [2.75, 3.05) is 6.54 Å². The highest BCUT2D eigenvalue weighted by Gasteiger charge is 1.99. The van der Waals surface area contributed by atoms with Crippen LogP contribution in [0.2, 0.25) is 0 Å². The summed E-state index contributed by atoms with van der Waals surface area (Å²) in [4.78, 5) is 4.17. The molecule has 86 valence electrons. The number of rotatable bonds is 6. The van der Waals surface area contributed by atoms with Crippen LogP contribution in [0.3, 0.4) is 0 Å². The van der Waals surface area contributed by atoms with Gasteiger partial charge in [-0.05, 0) is 31.5 Å². The molecule has 0 spiro atoms. The zero-order chi connectivity index (χ0) is 11.2. The molecule has 0 saturated carbocycles. The molecular weight excluding hydrogens is 198 g/mol. The molecule has 2 aromatic heterocycles. The van der Waals surface area contributed by atoms with Gasteiger partial charge in [0.25, 0.3) is 0 Å². The largest absolute Gasteiger partial charge is 0.346 e. The fourth-order valence-corrected chi connectivity index (χ4v) is 2.00. The Labute approximate surface area is 96.3 Å². The topological polar surface area (TPSA) is 43.8 Å². The van der Waals surface area contributed by atoms with Crippen molar-refractivity contribution in [1.82, 2.24) is 9.55 Å². The van der Waals surface area contributed by atoms with Gasteiger partial charge in [-0.1, -0.05) is 12.8 Å². The van der Waals surface area contributed by atoms with Crippen molar-refractivity contribution >= 4 is 10.9 Å². The predicted octanol–water partition coefficient (Wildman–Crippen LogP) is 2.56. The highest BCUT2D eigenvalue weighted by atomic mass is 15.0. The van der Waals surface area contributed by atoms with Gasteiger partial charge in [0.05, 0.1) is 11.7 Å². The first kappa shape index (κ1) is 11.1. The van der Waals surface area contributed by atoms with Crippen molar-refractivity contribution in [3.05, 3.63) is 30.7 Å². The van der Waals surface area contributed by atoms with Gasteiger partial charge in [-0.3, -0.25) is 4.98 Å². The Bertz CT molecular complexity index is 433. The summed E-state index contributed by atoms with van der Waals surface area (Å²) in [6, 6.07) is 4.21. The number of pyridine rings is 1. The Hall–Kier alpha value is -1.35. The molecule has 2 aromatic rings. The summed E-state index contributed by atoms with van der Waals surface area (Å²) in [5, 5.41) is 1.27. The maximum absolute atomic E-state index is 5.47. The first-order valence-electron chi connectivity index (χ1n) is 6.01. The van der Waals surface area contributed by atoms with Crippen molar-refractivity contribution < 1.29 is 0 Å². The second-order valence-corrected chi connectivity index (χ2v) is 4.15. The maximum Gasteiger partial charge on any atom is 0.0666 e. The number of aromatic nitrogens is 2. The summed E-state index contributed by atoms with van der Waals surface area (Å²) < 4.78 is 2.28. The predicted molar refractivity (Wildman–Crippen MR) is 67.3 cm³/mol. The van der Waals surface area contributed by atoms with E-state index in [1.807, 2.05) is 12.4 Å². The van der Waals surface area contributed by atoms with Gasteiger partial charge in [0.1, 0.15) is 0 Å². The molecule has 0 saturated heterocycles. The van der Waals surface area contributed by atoms with Crippen LogP contribution in [0, 0.1) is 0 Å². The van der Waals surface area contributed by atoms with Crippen molar-refractivity contribution in [3.8, 4) is 0 Å². The minimum Gasteiger partial charge on any atom is -0.346 e. The number of aryl methyl sites for hydroxylation is 1. The Kier molecular flexibility index (Phi) is 3.94. The van der Waals surface area contributed by atoms with Crippen LogP contribution in [0.15, 0.2) is 30.7 Å². The highest BCUT2D eigenvalue weighted by Crippen LogP contribution is 2.14. The number of unbranched alkanes of at least 4 members (excludes halogenated alkanes) is 3. The van der Waals surface area contributed by atoms with Gasteiger partial charge < -0.3 is 10.3 Å². The molecule has 2 N–H and O–H groups in total. The Balaban J connectivity index is 1.89. The molecule has 0 bridgehead atoms. The molecule has 16 heavy (non-hydrogen) atoms. The van der Waals surface area contributed by atoms with E-state index in [2.05, 4.69) is 27.9 Å². The average Bonchev–Trinajstić information content (AvgIpc) is 2.73. The molecule has 0 atom stereocenters. The zero-order valence-electron chi connectivity index (χ0n) is 9.60. The quantitative estimate of drug-likeness (QED) is 0.756. The van der Waals surface area contributed by atoms with Crippen LogP contribution < -0.4 is 5.73 Å². The van der Waals surface area contributed by atoms with E-state index in [1.54, 1.807) is 0 Å². The van der Waals surface area contributed by atoms with E-state index in [1.165, 1.54) is 30.2 Å². The third kappa shape index (κ3) is 2.61. The van der Waals surface area contributed by atoms with Crippen LogP contribution >= 0.6 is 0 Å². The van der Waals surface area contributed by atoms with Crippen LogP contribution in [0.4, 0.5) is 0 Å². The third-order valence-corrected chi connectivity index (χ3v) is 2.93. The monoisotopic (exact) mass is 217 g/mol. The zero-order valence-corrected chi connectivity index (χ0v) is 9.60. The molecule has 0 amide bonds. The van der Waals surface area contributed by atoms with Gasteiger partial charge in [-0.15, -0.1) is 0 Å². The molecule has 0 aliphatic carbocycles. The highest BCUT2D eigenvalue weighted by molar-refractivity contribution is 5.78. The summed E-state index contributed by atoms with van der Waals surface area (Å²) >= 11 is 0. The fraction of sp³-hybridized carbons (Fsp3) is 0.462. The van der Waals surface area contributed by atoms with Crippen LogP contribution in [0.5, 0.6) is 0 Å². The number of hydrogen-bond donors (Lipinski definition) is 1. The molecule has 0 aliphatic heterocycles. The maximum atomic E-state index is 5.47. The Morgan fingerprint density at radius 3 is 2.88 bits per heavy atom. The lowest BCUT2D eigenvalue weighted by atomic mass is 10.2. The van der Waals surface area contributed by atoms with Crippen LogP contribution in [-0.4, -0.2) is 16.1 Å². The van der Waals surface area contributed by atoms with E-state index in [-0.39, 0.29) is 0 Å². The molecule has 0 unspecified atom stereocenters. The summed E-state index contributed by atoms with van der Waals surface area (Å²) in [5.41, 5.74) is 6.70. The summed E-state index contributed by atoms with van der Waals surface area (Å²) in [6.07, 6.45) is 10.8. The average molecular weight is 217 g/mol. The Morgan fingerprint density at radius 2 is 2.00 bits per heavy atom. The SMILES string of the molecule is NCCCCCCn1ccc2ccncc21. The number of nitrogens with two attached hydrogens (primary N) is 1. The van der Waals surface area contributed by atoms with Gasteiger partial charge >= 0.3 is 0 Å². The lowest BCUT2D eigenvalue weighted by molar-refractivity contribution is 0.584. The minimum atomic E-state index is 0.816. The molecule has 0 fully saturated rings. The smallest absolute Gasteiger partial charge is 0.0666 e. The first-order valence-corrected chi connectivity index (χ1v) is 6.01. The van der Waals surface area contributed by atoms with E-state index in [9.17, 15) is 0 Å². The number of nitrogens with zero attached hydrogens (tertiary/aromatic N) is 2. The van der Waals surface area contributed by atoms with Gasteiger partial charge in [-0.2, -0.15) is 0 Å². The third-order valence-electron chi connectivity index (χ3n) is 2.93. The van der Waals surface area contributed by atoms with Gasteiger partial charge in [-0.25, -0.2) is 0 Å². The van der Waals surface area contributed by atoms with Gasteiger partial charge in [0, 0.05) is 24.3 Å². The molecule has 2 heterocycles. The number of fused-ring (bicyclic) bond motifs is 1. The van der Waals surface area contributed by atoms with E-state index in [0.717, 1.165) is 19.5 Å². The normalized spacial score (nSPS) is 11.1. The molecule has 3 nitrogen and oxygen atoms in total. The van der Waals surface area contributed by atoms with E-state index < -0.39 is 0 Å². The molecule has 0 aliphatic rings.